The molecule has 0 aliphatic rings. The first kappa shape index (κ1) is 18.8. The topological polar surface area (TPSA) is 114 Å². The van der Waals surface area contributed by atoms with Crippen molar-refractivity contribution in [2.24, 2.45) is 0 Å². The van der Waals surface area contributed by atoms with Crippen LogP contribution in [0.3, 0.4) is 0 Å². The Bertz CT molecular complexity index is 938. The standard InChI is InChI=1S/C16H16ClN7O2S/c1-10-6-19-16(27-10)21-14(25)9-24-8-13(22-23-24)7-18-15(26)20-12-4-2-11(17)3-5-12/h2-6,8H,7,9H2,1H3,(H2,18,20,26)(H,19,21,25). The van der Waals surface area contributed by atoms with Gasteiger partial charge in [-0.05, 0) is 31.2 Å². The average Bonchev–Trinajstić information content (AvgIpc) is 3.24. The summed E-state index contributed by atoms with van der Waals surface area (Å²) in [5, 5.41) is 17.0. The van der Waals surface area contributed by atoms with Crippen molar-refractivity contribution >= 4 is 45.7 Å². The third-order valence-corrected chi connectivity index (χ3v) is 4.37. The summed E-state index contributed by atoms with van der Waals surface area (Å²) in [4.78, 5) is 28.9. The molecular formula is C16H16ClN7O2S. The van der Waals surface area contributed by atoms with Crippen molar-refractivity contribution in [3.63, 3.8) is 0 Å². The van der Waals surface area contributed by atoms with Crippen LogP contribution >= 0.6 is 22.9 Å². The van der Waals surface area contributed by atoms with Crippen LogP contribution in [-0.4, -0.2) is 31.9 Å². The molecule has 9 nitrogen and oxygen atoms in total. The summed E-state index contributed by atoms with van der Waals surface area (Å²) in [7, 11) is 0. The number of nitrogens with one attached hydrogen (secondary N) is 3. The number of anilines is 2. The summed E-state index contributed by atoms with van der Waals surface area (Å²) in [5.74, 6) is -0.255. The minimum Gasteiger partial charge on any atom is -0.332 e. The van der Waals surface area contributed by atoms with Gasteiger partial charge in [-0.25, -0.2) is 14.5 Å². The second kappa shape index (κ2) is 8.60. The second-order valence-corrected chi connectivity index (χ2v) is 7.22. The number of nitrogens with zero attached hydrogens (tertiary/aromatic N) is 4. The number of urea groups is 1. The average molecular weight is 406 g/mol. The van der Waals surface area contributed by atoms with E-state index in [2.05, 4.69) is 31.2 Å². The molecule has 0 radical (unpaired) electrons. The van der Waals surface area contributed by atoms with E-state index in [4.69, 9.17) is 11.6 Å². The Morgan fingerprint density at radius 1 is 1.22 bits per heavy atom. The molecular weight excluding hydrogens is 390 g/mol. The van der Waals surface area contributed by atoms with E-state index in [1.165, 1.54) is 16.0 Å². The second-order valence-electron chi connectivity index (χ2n) is 5.55. The van der Waals surface area contributed by atoms with Gasteiger partial charge in [0, 0.05) is 21.8 Å². The fourth-order valence-electron chi connectivity index (χ4n) is 2.09. The molecule has 3 amide bonds. The molecule has 11 heteroatoms. The third-order valence-electron chi connectivity index (χ3n) is 3.29. The van der Waals surface area contributed by atoms with Gasteiger partial charge in [0.05, 0.1) is 12.7 Å². The van der Waals surface area contributed by atoms with Crippen LogP contribution in [0.2, 0.25) is 5.02 Å². The van der Waals surface area contributed by atoms with Crippen LogP contribution in [0.4, 0.5) is 15.6 Å². The van der Waals surface area contributed by atoms with Gasteiger partial charge in [-0.1, -0.05) is 16.8 Å². The summed E-state index contributed by atoms with van der Waals surface area (Å²) in [5.41, 5.74) is 1.15. The number of rotatable bonds is 6. The van der Waals surface area contributed by atoms with Gasteiger partial charge in [-0.15, -0.1) is 16.4 Å². The minimum absolute atomic E-state index is 0.00258. The molecule has 2 aromatic heterocycles. The number of carbonyl (C=O) groups excluding carboxylic acids is 2. The third kappa shape index (κ3) is 5.76. The SMILES string of the molecule is Cc1cnc(NC(=O)Cn2cc(CNC(=O)Nc3ccc(Cl)cc3)nn2)s1. The normalized spacial score (nSPS) is 10.4. The van der Waals surface area contributed by atoms with Crippen LogP contribution in [0.25, 0.3) is 0 Å². The predicted molar refractivity (Wildman–Crippen MR) is 103 cm³/mol. The molecule has 3 aromatic rings. The summed E-state index contributed by atoms with van der Waals surface area (Å²) in [6.45, 7) is 2.09. The number of hydrogen-bond acceptors (Lipinski definition) is 6. The van der Waals surface area contributed by atoms with E-state index in [0.29, 0.717) is 21.5 Å². The Hall–Kier alpha value is -2.98. The van der Waals surface area contributed by atoms with Gasteiger partial charge in [-0.3, -0.25) is 4.79 Å². The largest absolute Gasteiger partial charge is 0.332 e. The number of aryl methyl sites for hydroxylation is 1. The van der Waals surface area contributed by atoms with Crippen molar-refractivity contribution in [1.29, 1.82) is 0 Å². The fraction of sp³-hybridized carbons (Fsp3) is 0.188. The maximum atomic E-state index is 12.0. The van der Waals surface area contributed by atoms with E-state index in [9.17, 15) is 9.59 Å². The number of thiazole rings is 1. The Morgan fingerprint density at radius 2 is 2.00 bits per heavy atom. The van der Waals surface area contributed by atoms with Crippen LogP contribution in [0.15, 0.2) is 36.7 Å². The molecule has 0 bridgehead atoms. The molecule has 140 valence electrons. The maximum absolute atomic E-state index is 12.0. The van der Waals surface area contributed by atoms with Crippen molar-refractivity contribution in [3.8, 4) is 0 Å². The molecule has 2 heterocycles. The number of aromatic nitrogens is 4. The van der Waals surface area contributed by atoms with E-state index in [0.717, 1.165) is 4.88 Å². The molecule has 0 fully saturated rings. The van der Waals surface area contributed by atoms with Crippen molar-refractivity contribution in [2.45, 2.75) is 20.0 Å². The zero-order chi connectivity index (χ0) is 19.2. The zero-order valence-corrected chi connectivity index (χ0v) is 15.8. The monoisotopic (exact) mass is 405 g/mol. The number of benzene rings is 1. The lowest BCUT2D eigenvalue weighted by atomic mass is 10.3. The van der Waals surface area contributed by atoms with Crippen LogP contribution in [0, 0.1) is 6.92 Å². The highest BCUT2D eigenvalue weighted by Gasteiger charge is 2.09. The molecule has 0 aliphatic carbocycles. The van der Waals surface area contributed by atoms with Gasteiger partial charge in [0.2, 0.25) is 5.91 Å². The maximum Gasteiger partial charge on any atom is 0.319 e. The summed E-state index contributed by atoms with van der Waals surface area (Å²) < 4.78 is 1.39. The van der Waals surface area contributed by atoms with Gasteiger partial charge >= 0.3 is 6.03 Å². The predicted octanol–water partition coefficient (Wildman–Crippen LogP) is 2.66. The zero-order valence-electron chi connectivity index (χ0n) is 14.3. The molecule has 3 N–H and O–H groups in total. The Morgan fingerprint density at radius 3 is 2.70 bits per heavy atom. The van der Waals surface area contributed by atoms with Gasteiger partial charge in [0.15, 0.2) is 5.13 Å². The summed E-state index contributed by atoms with van der Waals surface area (Å²) in [6, 6.07) is 6.37. The highest BCUT2D eigenvalue weighted by Crippen LogP contribution is 2.16. The molecule has 0 unspecified atom stereocenters. The van der Waals surface area contributed by atoms with Crippen LogP contribution in [0.1, 0.15) is 10.6 Å². The van der Waals surface area contributed by atoms with Crippen LogP contribution in [0.5, 0.6) is 0 Å². The lowest BCUT2D eigenvalue weighted by Crippen LogP contribution is -2.28. The molecule has 0 aliphatic heterocycles. The molecule has 0 spiro atoms. The first-order valence-corrected chi connectivity index (χ1v) is 9.09. The Labute approximate surface area is 163 Å². The molecule has 1 aromatic carbocycles. The van der Waals surface area contributed by atoms with Crippen molar-refractivity contribution in [3.05, 3.63) is 52.3 Å². The van der Waals surface area contributed by atoms with E-state index < -0.39 is 0 Å². The highest BCUT2D eigenvalue weighted by molar-refractivity contribution is 7.15. The minimum atomic E-state index is -0.385. The highest BCUT2D eigenvalue weighted by atomic mass is 35.5. The fourth-order valence-corrected chi connectivity index (χ4v) is 2.90. The quantitative estimate of drug-likeness (QED) is 0.583. The number of amides is 3. The van der Waals surface area contributed by atoms with E-state index >= 15 is 0 Å². The van der Waals surface area contributed by atoms with E-state index in [-0.39, 0.29) is 25.0 Å². The van der Waals surface area contributed by atoms with Crippen LogP contribution in [-0.2, 0) is 17.9 Å². The van der Waals surface area contributed by atoms with Gasteiger partial charge in [0.25, 0.3) is 0 Å². The first-order chi connectivity index (χ1) is 13.0. The summed E-state index contributed by atoms with van der Waals surface area (Å²) >= 11 is 7.19. The molecule has 27 heavy (non-hydrogen) atoms. The number of halogens is 1. The van der Waals surface area contributed by atoms with E-state index in [1.807, 2.05) is 6.92 Å². The Kier molecular flexibility index (Phi) is 5.99. The first-order valence-electron chi connectivity index (χ1n) is 7.89. The molecule has 0 saturated carbocycles. The lowest BCUT2D eigenvalue weighted by molar-refractivity contribution is -0.116. The van der Waals surface area contributed by atoms with Crippen molar-refractivity contribution < 1.29 is 9.59 Å². The number of carbonyl (C=O) groups is 2. The van der Waals surface area contributed by atoms with Gasteiger partial charge in [0.1, 0.15) is 12.2 Å². The van der Waals surface area contributed by atoms with E-state index in [1.54, 1.807) is 36.7 Å². The molecule has 0 saturated heterocycles. The van der Waals surface area contributed by atoms with Crippen molar-refractivity contribution in [2.75, 3.05) is 10.6 Å². The van der Waals surface area contributed by atoms with Gasteiger partial charge < -0.3 is 16.0 Å². The smallest absolute Gasteiger partial charge is 0.319 e. The molecule has 0 atom stereocenters. The van der Waals surface area contributed by atoms with Crippen molar-refractivity contribution in [1.82, 2.24) is 25.3 Å². The Balaban J connectivity index is 1.45. The molecule has 3 rings (SSSR count). The summed E-state index contributed by atoms with van der Waals surface area (Å²) in [6.07, 6.45) is 3.28. The van der Waals surface area contributed by atoms with Crippen LogP contribution < -0.4 is 16.0 Å². The number of hydrogen-bond donors (Lipinski definition) is 3. The lowest BCUT2D eigenvalue weighted by Gasteiger charge is -2.06. The van der Waals surface area contributed by atoms with Gasteiger partial charge in [-0.2, -0.15) is 0 Å².